The molecular weight excluding hydrogens is 576 g/mol. The molecule has 0 saturated carbocycles. The molecule has 4 heterocycles. The number of halogens is 3. The Bertz CT molecular complexity index is 1720. The number of carbonyl (C=O) groups excluding carboxylic acids is 1. The van der Waals surface area contributed by atoms with Gasteiger partial charge < -0.3 is 14.5 Å². The molecule has 2 aromatic heterocycles. The van der Waals surface area contributed by atoms with Crippen LogP contribution in [0, 0.1) is 12.7 Å². The minimum absolute atomic E-state index is 0.0151. The predicted molar refractivity (Wildman–Crippen MR) is 164 cm³/mol. The fraction of sp³-hybridized carbons (Fsp3) is 0.419. The van der Waals surface area contributed by atoms with E-state index in [1.807, 2.05) is 42.7 Å². The molecule has 2 atom stereocenters. The molecule has 2 fully saturated rings. The van der Waals surface area contributed by atoms with Crippen LogP contribution in [-0.2, 0) is 4.79 Å². The molecule has 226 valence electrons. The number of aryl methyl sites for hydroxylation is 1. The van der Waals surface area contributed by atoms with Gasteiger partial charge in [0.2, 0.25) is 5.91 Å². The second-order valence-corrected chi connectivity index (χ2v) is 12.3. The fourth-order valence-corrected chi connectivity index (χ4v) is 6.79. The zero-order valence-electron chi connectivity index (χ0n) is 24.6. The van der Waals surface area contributed by atoms with Crippen molar-refractivity contribution >= 4 is 45.1 Å². The Morgan fingerprint density at radius 2 is 1.93 bits per heavy atom. The Kier molecular flexibility index (Phi) is 7.50. The minimum atomic E-state index is -1.19. The van der Waals surface area contributed by atoms with Crippen molar-refractivity contribution in [1.29, 1.82) is 0 Å². The van der Waals surface area contributed by atoms with Gasteiger partial charge in [-0.05, 0) is 51.5 Å². The number of alkyl halides is 1. The molecule has 2 aromatic carbocycles. The van der Waals surface area contributed by atoms with Crippen molar-refractivity contribution < 1.29 is 18.3 Å². The molecule has 4 aromatic rings. The third-order valence-corrected chi connectivity index (χ3v) is 8.62. The summed E-state index contributed by atoms with van der Waals surface area (Å²) >= 11 is 6.86. The third kappa shape index (κ3) is 5.29. The standard InChI is InChI=1S/C31H34ClF2N7O2/c1-6-24(42)41-18(3)13-40(14-19(41)4)29-20-11-22(32)26(25-17(2)7-8-23-21(25)12-35-38-23)27(33)28(20)36-30(37-29)43-10-9-39-15-31(5,34)16-39/h6-8,11-12,18-19H,1,9-10,13-16H2,2-5H3,(H,35,38)/t18-,19+. The number of carbonyl (C=O) groups is 1. The Hall–Kier alpha value is -3.83. The van der Waals surface area contributed by atoms with E-state index >= 15 is 4.39 Å². The molecule has 6 rings (SSSR count). The summed E-state index contributed by atoms with van der Waals surface area (Å²) in [4.78, 5) is 27.6. The lowest BCUT2D eigenvalue weighted by Gasteiger charge is -2.44. The second-order valence-electron chi connectivity index (χ2n) is 11.9. The lowest BCUT2D eigenvalue weighted by molar-refractivity contribution is -0.130. The van der Waals surface area contributed by atoms with Gasteiger partial charge in [0.15, 0.2) is 5.82 Å². The SMILES string of the molecule is C=CC(=O)N1[C@H](C)CN(c2nc(OCCN3CC(C)(F)C3)nc3c(F)c(-c4c(C)ccc5[nH]ncc45)c(Cl)cc23)C[C@@H]1C. The number of hydrogen-bond acceptors (Lipinski definition) is 7. The topological polar surface area (TPSA) is 90.5 Å². The van der Waals surface area contributed by atoms with E-state index in [2.05, 4.69) is 21.8 Å². The van der Waals surface area contributed by atoms with Crippen LogP contribution < -0.4 is 9.64 Å². The maximum atomic E-state index is 16.7. The van der Waals surface area contributed by atoms with Crippen LogP contribution in [0.4, 0.5) is 14.6 Å². The van der Waals surface area contributed by atoms with Gasteiger partial charge in [0.1, 0.15) is 23.6 Å². The van der Waals surface area contributed by atoms with E-state index in [1.54, 1.807) is 24.1 Å². The molecule has 0 unspecified atom stereocenters. The molecule has 43 heavy (non-hydrogen) atoms. The highest BCUT2D eigenvalue weighted by Crippen LogP contribution is 2.42. The second kappa shape index (κ2) is 11.0. The highest BCUT2D eigenvalue weighted by molar-refractivity contribution is 6.35. The molecule has 1 amide bonds. The van der Waals surface area contributed by atoms with Crippen molar-refractivity contribution in [3.05, 3.63) is 53.5 Å². The number of ether oxygens (including phenoxy) is 1. The maximum absolute atomic E-state index is 16.7. The third-order valence-electron chi connectivity index (χ3n) is 8.32. The summed E-state index contributed by atoms with van der Waals surface area (Å²) in [5.41, 5.74) is 1.33. The minimum Gasteiger partial charge on any atom is -0.462 e. The summed E-state index contributed by atoms with van der Waals surface area (Å²) < 4.78 is 36.6. The highest BCUT2D eigenvalue weighted by Gasteiger charge is 2.38. The number of amides is 1. The van der Waals surface area contributed by atoms with Crippen molar-refractivity contribution in [2.24, 2.45) is 0 Å². The number of benzene rings is 2. The van der Waals surface area contributed by atoms with E-state index in [9.17, 15) is 9.18 Å². The molecule has 2 saturated heterocycles. The van der Waals surface area contributed by atoms with Crippen LogP contribution >= 0.6 is 11.6 Å². The number of aromatic amines is 1. The number of anilines is 1. The number of fused-ring (bicyclic) bond motifs is 2. The van der Waals surface area contributed by atoms with Crippen molar-refractivity contribution in [1.82, 2.24) is 30.0 Å². The Morgan fingerprint density at radius 1 is 1.21 bits per heavy atom. The normalized spacial score (nSPS) is 20.4. The number of nitrogens with zero attached hydrogens (tertiary/aromatic N) is 6. The Morgan fingerprint density at radius 3 is 2.60 bits per heavy atom. The first-order valence-corrected chi connectivity index (χ1v) is 14.7. The van der Waals surface area contributed by atoms with E-state index in [-0.39, 0.29) is 46.7 Å². The average molecular weight is 610 g/mol. The number of H-pyrrole nitrogens is 1. The van der Waals surface area contributed by atoms with Gasteiger partial charge in [-0.25, -0.2) is 8.78 Å². The summed E-state index contributed by atoms with van der Waals surface area (Å²) in [6.07, 6.45) is 2.97. The van der Waals surface area contributed by atoms with Crippen LogP contribution in [0.25, 0.3) is 32.9 Å². The average Bonchev–Trinajstić information content (AvgIpc) is 3.41. The molecule has 0 aliphatic carbocycles. The van der Waals surface area contributed by atoms with Gasteiger partial charge in [0.05, 0.1) is 16.7 Å². The van der Waals surface area contributed by atoms with Crippen molar-refractivity contribution in [3.63, 3.8) is 0 Å². The largest absolute Gasteiger partial charge is 0.462 e. The number of rotatable bonds is 7. The van der Waals surface area contributed by atoms with Crippen molar-refractivity contribution in [2.45, 2.75) is 45.4 Å². The molecular formula is C31H34ClF2N7O2. The molecule has 12 heteroatoms. The predicted octanol–water partition coefficient (Wildman–Crippen LogP) is 5.31. The summed E-state index contributed by atoms with van der Waals surface area (Å²) in [6, 6.07) is 5.17. The van der Waals surface area contributed by atoms with Crippen LogP contribution in [0.3, 0.4) is 0 Å². The van der Waals surface area contributed by atoms with E-state index < -0.39 is 11.5 Å². The zero-order chi connectivity index (χ0) is 30.6. The zero-order valence-corrected chi connectivity index (χ0v) is 25.4. The van der Waals surface area contributed by atoms with Gasteiger partial charge in [-0.3, -0.25) is 14.8 Å². The van der Waals surface area contributed by atoms with Gasteiger partial charge in [0, 0.05) is 66.7 Å². The maximum Gasteiger partial charge on any atom is 0.319 e. The van der Waals surface area contributed by atoms with Crippen LogP contribution in [0.5, 0.6) is 6.01 Å². The molecule has 2 aliphatic rings. The first-order chi connectivity index (χ1) is 20.5. The molecule has 0 bridgehead atoms. The van der Waals surface area contributed by atoms with Gasteiger partial charge >= 0.3 is 6.01 Å². The fourth-order valence-electron chi connectivity index (χ4n) is 6.50. The van der Waals surface area contributed by atoms with Gasteiger partial charge in [-0.15, -0.1) is 0 Å². The van der Waals surface area contributed by atoms with E-state index in [0.29, 0.717) is 49.5 Å². The van der Waals surface area contributed by atoms with Gasteiger partial charge in [-0.2, -0.15) is 15.1 Å². The number of nitrogens with one attached hydrogen (secondary N) is 1. The van der Waals surface area contributed by atoms with E-state index in [0.717, 1.165) is 16.5 Å². The monoisotopic (exact) mass is 609 g/mol. The number of piperazine rings is 1. The molecule has 0 spiro atoms. The first-order valence-electron chi connectivity index (χ1n) is 14.3. The van der Waals surface area contributed by atoms with Gasteiger partial charge in [0.25, 0.3) is 0 Å². The van der Waals surface area contributed by atoms with Gasteiger partial charge in [-0.1, -0.05) is 24.2 Å². The summed E-state index contributed by atoms with van der Waals surface area (Å²) in [5, 5.41) is 8.48. The number of aromatic nitrogens is 4. The van der Waals surface area contributed by atoms with Crippen LogP contribution in [0.2, 0.25) is 5.02 Å². The quantitative estimate of drug-likeness (QED) is 0.284. The van der Waals surface area contributed by atoms with Crippen molar-refractivity contribution in [2.75, 3.05) is 44.2 Å². The Labute approximate surface area is 253 Å². The first kappa shape index (κ1) is 29.3. The summed E-state index contributed by atoms with van der Waals surface area (Å²) in [7, 11) is 0. The lowest BCUT2D eigenvalue weighted by atomic mass is 9.95. The van der Waals surface area contributed by atoms with Crippen molar-refractivity contribution in [3.8, 4) is 17.1 Å². The molecule has 0 radical (unpaired) electrons. The van der Waals surface area contributed by atoms with E-state index in [1.165, 1.54) is 6.08 Å². The Balaban J connectivity index is 1.44. The molecule has 9 nitrogen and oxygen atoms in total. The number of hydrogen-bond donors (Lipinski definition) is 1. The highest BCUT2D eigenvalue weighted by atomic mass is 35.5. The smallest absolute Gasteiger partial charge is 0.319 e. The van der Waals surface area contributed by atoms with Crippen LogP contribution in [0.1, 0.15) is 26.3 Å². The number of likely N-dealkylation sites (tertiary alicyclic amines) is 1. The summed E-state index contributed by atoms with van der Waals surface area (Å²) in [6.45, 7) is 13.3. The summed E-state index contributed by atoms with van der Waals surface area (Å²) in [5.74, 6) is -0.269. The van der Waals surface area contributed by atoms with Crippen LogP contribution in [-0.4, -0.2) is 93.0 Å². The molecule has 2 aliphatic heterocycles. The van der Waals surface area contributed by atoms with Crippen LogP contribution in [0.15, 0.2) is 37.1 Å². The lowest BCUT2D eigenvalue weighted by Crippen LogP contribution is -2.58. The molecule has 1 N–H and O–H groups in total. The van der Waals surface area contributed by atoms with E-state index in [4.69, 9.17) is 21.3 Å².